The van der Waals surface area contributed by atoms with Gasteiger partial charge in [0.2, 0.25) is 0 Å². The minimum atomic E-state index is -0.313. The molecule has 0 radical (unpaired) electrons. The van der Waals surface area contributed by atoms with E-state index in [1.165, 1.54) is 52.1 Å². The van der Waals surface area contributed by atoms with Crippen molar-refractivity contribution in [1.29, 1.82) is 0 Å². The number of halogens is 2. The molecule has 5 nitrogen and oxygen atoms in total. The van der Waals surface area contributed by atoms with E-state index >= 15 is 0 Å². The number of benzene rings is 8. The van der Waals surface area contributed by atoms with E-state index in [9.17, 15) is 8.78 Å². The second-order valence-electron chi connectivity index (χ2n) is 23.9. The Morgan fingerprint density at radius 3 is 1.67 bits per heavy atom. The van der Waals surface area contributed by atoms with Crippen molar-refractivity contribution in [3.63, 3.8) is 0 Å². The molecule has 79 heavy (non-hydrogen) atoms. The van der Waals surface area contributed by atoms with E-state index in [0.29, 0.717) is 17.4 Å². The van der Waals surface area contributed by atoms with Crippen LogP contribution in [0.5, 0.6) is 11.5 Å². The zero-order valence-electron chi connectivity index (χ0n) is 47.2. The number of aromatic nitrogens is 2. The van der Waals surface area contributed by atoms with Gasteiger partial charge in [-0.3, -0.25) is 0 Å². The van der Waals surface area contributed by atoms with Crippen molar-refractivity contribution < 1.29 is 34.6 Å². The van der Waals surface area contributed by atoms with E-state index in [1.54, 1.807) is 0 Å². The molecular formula is C71H67F2N4OPt-3. The standard InChI is InChI=1S/C71H67F2N4O.Pt/c1-43(2)48-35-59(44(3)4)68(60(36-48)45(5)6)49-33-54(40-56(34-49)78-55-29-30-58-57-17-13-14-18-63(57)77(66(58)41-55)67-39-50(31-32-74-67)70(7,8)9)75-42-76(65-20-16-15-19-64(65)75)69-61(46-21-25-52(72)26-22-46)37-51(71(10,11)12)38-62(69)47-23-27-53(73)28-24-47;/h13-39,42-45H,1-12H3;/q-3;. The molecule has 0 spiro atoms. The fourth-order valence-corrected chi connectivity index (χ4v) is 11.0. The fourth-order valence-electron chi connectivity index (χ4n) is 11.0. The average molecular weight is 1230 g/mol. The van der Waals surface area contributed by atoms with Gasteiger partial charge < -0.3 is 19.1 Å². The summed E-state index contributed by atoms with van der Waals surface area (Å²) in [5.74, 6) is 2.05. The zero-order chi connectivity index (χ0) is 54.9. The molecule has 0 unspecified atom stereocenters. The third-order valence-corrected chi connectivity index (χ3v) is 15.3. The zero-order valence-corrected chi connectivity index (χ0v) is 49.4. The summed E-state index contributed by atoms with van der Waals surface area (Å²) < 4.78 is 38.9. The van der Waals surface area contributed by atoms with Crippen molar-refractivity contribution in [1.82, 2.24) is 9.55 Å². The first-order valence-electron chi connectivity index (χ1n) is 27.3. The summed E-state index contributed by atoms with van der Waals surface area (Å²) in [5.41, 5.74) is 16.9. The fraction of sp³-hybridized carbons (Fsp3) is 0.239. The second kappa shape index (κ2) is 21.4. The number of fused-ring (bicyclic) bond motifs is 4. The molecule has 8 aromatic carbocycles. The van der Waals surface area contributed by atoms with Crippen LogP contribution in [0.1, 0.15) is 129 Å². The van der Waals surface area contributed by atoms with Gasteiger partial charge in [-0.15, -0.1) is 53.6 Å². The van der Waals surface area contributed by atoms with Gasteiger partial charge in [-0.25, -0.2) is 13.8 Å². The van der Waals surface area contributed by atoms with Gasteiger partial charge in [-0.05, 0) is 145 Å². The van der Waals surface area contributed by atoms with Crippen LogP contribution in [0, 0.1) is 30.4 Å². The van der Waals surface area contributed by atoms with Crippen LogP contribution in [0.25, 0.3) is 61.0 Å². The number of anilines is 4. The van der Waals surface area contributed by atoms with Crippen LogP contribution >= 0.6 is 0 Å². The number of hydrogen-bond acceptors (Lipinski definition) is 4. The Balaban J connectivity index is 0.00000704. The maximum absolute atomic E-state index is 14.8. The molecule has 3 heterocycles. The van der Waals surface area contributed by atoms with Gasteiger partial charge in [-0.2, -0.15) is 6.07 Å². The molecule has 404 valence electrons. The Morgan fingerprint density at radius 1 is 0.532 bits per heavy atom. The first-order valence-corrected chi connectivity index (χ1v) is 27.3. The predicted octanol–water partition coefficient (Wildman–Crippen LogP) is 20.2. The van der Waals surface area contributed by atoms with E-state index in [0.717, 1.165) is 83.8 Å². The number of pyridine rings is 1. The molecule has 0 aliphatic carbocycles. The molecule has 10 aromatic rings. The molecule has 11 rings (SSSR count). The largest absolute Gasteiger partial charge is 0.509 e. The SMILES string of the molecule is CC(C)c1cc(C(C)C)c(-c2cc(Oc3[c-]c4c(cc3)c3ccccc3n4-c3cc(C(C)(C)C)ccn3)[c-]c(N3[CH-]N(c4c(-c5ccc(F)cc5)cc(C(C)(C)C)cc4-c4ccc(F)cc4)c4ccccc43)c2)c(C(C)C)c1.[Pt]. The molecule has 1 aliphatic heterocycles. The van der Waals surface area contributed by atoms with Crippen molar-refractivity contribution in [2.24, 2.45) is 0 Å². The Hall–Kier alpha value is -7.34. The molecule has 0 fully saturated rings. The summed E-state index contributed by atoms with van der Waals surface area (Å²) in [5, 5.41) is 2.15. The quantitative estimate of drug-likeness (QED) is 0.121. The van der Waals surface area contributed by atoms with E-state index in [1.807, 2.05) is 36.5 Å². The first-order chi connectivity index (χ1) is 37.2. The summed E-state index contributed by atoms with van der Waals surface area (Å²) in [4.78, 5) is 9.35. The van der Waals surface area contributed by atoms with Crippen LogP contribution < -0.4 is 14.5 Å². The molecule has 2 aromatic heterocycles. The summed E-state index contributed by atoms with van der Waals surface area (Å²) in [6.45, 7) is 29.0. The van der Waals surface area contributed by atoms with Crippen LogP contribution in [-0.2, 0) is 31.9 Å². The van der Waals surface area contributed by atoms with Crippen molar-refractivity contribution in [3.05, 3.63) is 222 Å². The van der Waals surface area contributed by atoms with E-state index in [4.69, 9.17) is 9.72 Å². The maximum atomic E-state index is 14.8. The van der Waals surface area contributed by atoms with Gasteiger partial charge >= 0.3 is 0 Å². The summed E-state index contributed by atoms with van der Waals surface area (Å²) >= 11 is 0. The minimum absolute atomic E-state index is 0. The minimum Gasteiger partial charge on any atom is -0.509 e. The summed E-state index contributed by atoms with van der Waals surface area (Å²) in [6, 6.07) is 59.7. The molecule has 0 saturated heterocycles. The third-order valence-electron chi connectivity index (χ3n) is 15.3. The van der Waals surface area contributed by atoms with Crippen LogP contribution in [0.15, 0.2) is 164 Å². The van der Waals surface area contributed by atoms with Gasteiger partial charge in [-0.1, -0.05) is 155 Å². The van der Waals surface area contributed by atoms with Gasteiger partial charge in [0.05, 0.1) is 0 Å². The molecule has 0 saturated carbocycles. The number of hydrogen-bond donors (Lipinski definition) is 0. The van der Waals surface area contributed by atoms with Gasteiger partial charge in [0.1, 0.15) is 17.5 Å². The molecule has 1 aliphatic rings. The monoisotopic (exact) mass is 1220 g/mol. The summed E-state index contributed by atoms with van der Waals surface area (Å²) in [7, 11) is 0. The number of ether oxygens (including phenoxy) is 1. The van der Waals surface area contributed by atoms with Crippen molar-refractivity contribution in [3.8, 4) is 50.7 Å². The second-order valence-corrected chi connectivity index (χ2v) is 23.9. The van der Waals surface area contributed by atoms with E-state index in [2.05, 4.69) is 219 Å². The summed E-state index contributed by atoms with van der Waals surface area (Å²) in [6.07, 6.45) is 1.90. The van der Waals surface area contributed by atoms with E-state index < -0.39 is 0 Å². The molecule has 0 amide bonds. The van der Waals surface area contributed by atoms with Gasteiger partial charge in [0.15, 0.2) is 0 Å². The van der Waals surface area contributed by atoms with Gasteiger partial charge in [0, 0.05) is 72.5 Å². The van der Waals surface area contributed by atoms with Crippen LogP contribution in [0.4, 0.5) is 31.5 Å². The molecular weight excluding hydrogens is 1160 g/mol. The average Bonchev–Trinajstić information content (AvgIpc) is 4.20. The van der Waals surface area contributed by atoms with E-state index in [-0.39, 0.29) is 55.4 Å². The molecule has 0 atom stereocenters. The normalized spacial score (nSPS) is 12.8. The van der Waals surface area contributed by atoms with Crippen molar-refractivity contribution in [2.75, 3.05) is 9.80 Å². The molecule has 8 heteroatoms. The van der Waals surface area contributed by atoms with Crippen LogP contribution in [0.3, 0.4) is 0 Å². The molecule has 0 N–H and O–H groups in total. The van der Waals surface area contributed by atoms with Crippen LogP contribution in [0.2, 0.25) is 0 Å². The van der Waals surface area contributed by atoms with Crippen molar-refractivity contribution >= 4 is 44.6 Å². The number of rotatable bonds is 11. The van der Waals surface area contributed by atoms with Gasteiger partial charge in [0.25, 0.3) is 0 Å². The van der Waals surface area contributed by atoms with Crippen LogP contribution in [-0.4, -0.2) is 9.55 Å². The topological polar surface area (TPSA) is 33.5 Å². The Labute approximate surface area is 480 Å². The Bertz CT molecular complexity index is 3800. The number of nitrogens with zero attached hydrogens (tertiary/aromatic N) is 4. The Morgan fingerprint density at radius 2 is 1.10 bits per heavy atom. The number of para-hydroxylation sites is 3. The van der Waals surface area contributed by atoms with Crippen molar-refractivity contribution in [2.45, 2.75) is 112 Å². The first kappa shape index (κ1) is 55.0. The Kier molecular flexibility index (Phi) is 14.9. The third kappa shape index (κ3) is 10.6. The maximum Gasteiger partial charge on any atom is 0.135 e. The molecule has 0 bridgehead atoms. The smallest absolute Gasteiger partial charge is 0.135 e. The predicted molar refractivity (Wildman–Crippen MR) is 320 cm³/mol.